The number of hydrogen-bond acceptors (Lipinski definition) is 2. The first-order valence-corrected chi connectivity index (χ1v) is 7.78. The van der Waals surface area contributed by atoms with Gasteiger partial charge in [-0.3, -0.25) is 0 Å². The summed E-state index contributed by atoms with van der Waals surface area (Å²) in [6.07, 6.45) is 0.931. The maximum atomic E-state index is 6.30. The van der Waals surface area contributed by atoms with E-state index in [1.165, 1.54) is 0 Å². The van der Waals surface area contributed by atoms with Crippen molar-refractivity contribution in [2.75, 3.05) is 26.8 Å². The van der Waals surface area contributed by atoms with Crippen molar-refractivity contribution in [1.82, 2.24) is 5.32 Å². The Morgan fingerprint density at radius 3 is 2.55 bits per heavy atom. The van der Waals surface area contributed by atoms with Gasteiger partial charge < -0.3 is 10.1 Å². The summed E-state index contributed by atoms with van der Waals surface area (Å²) in [4.78, 5) is 0. The van der Waals surface area contributed by atoms with E-state index in [2.05, 4.69) is 26.1 Å². The van der Waals surface area contributed by atoms with Gasteiger partial charge in [0.05, 0.1) is 6.61 Å². The van der Waals surface area contributed by atoms with E-state index in [4.69, 9.17) is 27.9 Å². The summed E-state index contributed by atoms with van der Waals surface area (Å²) in [5, 5.41) is 4.90. The Morgan fingerprint density at radius 1 is 1.30 bits per heavy atom. The SMILES string of the molecule is COCCNCC(C)(Cc1ccc(Cl)cc1Cl)C(C)C. The van der Waals surface area contributed by atoms with Gasteiger partial charge in [0.1, 0.15) is 0 Å². The number of methoxy groups -OCH3 is 1. The molecule has 1 unspecified atom stereocenters. The van der Waals surface area contributed by atoms with Crippen molar-refractivity contribution in [3.8, 4) is 0 Å². The molecule has 0 aromatic heterocycles. The minimum absolute atomic E-state index is 0.144. The Labute approximate surface area is 132 Å². The van der Waals surface area contributed by atoms with Crippen molar-refractivity contribution < 1.29 is 4.74 Å². The Morgan fingerprint density at radius 2 is 2.00 bits per heavy atom. The Kier molecular flexibility index (Phi) is 7.32. The largest absolute Gasteiger partial charge is 0.383 e. The highest BCUT2D eigenvalue weighted by Gasteiger charge is 2.29. The third-order valence-corrected chi connectivity index (χ3v) is 4.60. The minimum atomic E-state index is 0.144. The normalized spacial score (nSPS) is 14.6. The first-order valence-electron chi connectivity index (χ1n) is 7.02. The van der Waals surface area contributed by atoms with E-state index in [0.29, 0.717) is 10.9 Å². The molecule has 0 bridgehead atoms. The molecule has 0 aliphatic rings. The van der Waals surface area contributed by atoms with Gasteiger partial charge in [0.15, 0.2) is 0 Å². The number of rotatable bonds is 8. The molecule has 0 saturated heterocycles. The van der Waals surface area contributed by atoms with Crippen LogP contribution in [0.4, 0.5) is 0 Å². The summed E-state index contributed by atoms with van der Waals surface area (Å²) in [7, 11) is 1.72. The van der Waals surface area contributed by atoms with Crippen LogP contribution < -0.4 is 5.32 Å². The molecule has 1 N–H and O–H groups in total. The molecule has 20 heavy (non-hydrogen) atoms. The fourth-order valence-corrected chi connectivity index (χ4v) is 2.59. The van der Waals surface area contributed by atoms with Crippen LogP contribution in [-0.2, 0) is 11.2 Å². The van der Waals surface area contributed by atoms with E-state index < -0.39 is 0 Å². The fourth-order valence-electron chi connectivity index (χ4n) is 2.12. The van der Waals surface area contributed by atoms with Crippen LogP contribution in [0.3, 0.4) is 0 Å². The zero-order chi connectivity index (χ0) is 15.2. The van der Waals surface area contributed by atoms with E-state index in [1.807, 2.05) is 18.2 Å². The molecule has 2 nitrogen and oxygen atoms in total. The molecule has 0 radical (unpaired) electrons. The van der Waals surface area contributed by atoms with Crippen LogP contribution in [0.2, 0.25) is 10.0 Å². The molecule has 0 heterocycles. The first-order chi connectivity index (χ1) is 9.39. The lowest BCUT2D eigenvalue weighted by molar-refractivity contribution is 0.175. The molecule has 1 rings (SSSR count). The van der Waals surface area contributed by atoms with Crippen molar-refractivity contribution in [3.05, 3.63) is 33.8 Å². The van der Waals surface area contributed by atoms with Gasteiger partial charge in [-0.2, -0.15) is 0 Å². The van der Waals surface area contributed by atoms with Crippen LogP contribution in [0.25, 0.3) is 0 Å². The first kappa shape index (κ1) is 17.8. The predicted molar refractivity (Wildman–Crippen MR) is 87.9 cm³/mol. The zero-order valence-electron chi connectivity index (χ0n) is 12.8. The van der Waals surface area contributed by atoms with Crippen molar-refractivity contribution in [1.29, 1.82) is 0 Å². The van der Waals surface area contributed by atoms with Gasteiger partial charge >= 0.3 is 0 Å². The Balaban J connectivity index is 2.74. The number of nitrogens with one attached hydrogen (secondary N) is 1. The van der Waals surface area contributed by atoms with E-state index in [9.17, 15) is 0 Å². The number of hydrogen-bond donors (Lipinski definition) is 1. The lowest BCUT2D eigenvalue weighted by atomic mass is 9.74. The van der Waals surface area contributed by atoms with E-state index in [0.717, 1.165) is 36.7 Å². The van der Waals surface area contributed by atoms with Crippen LogP contribution in [-0.4, -0.2) is 26.8 Å². The lowest BCUT2D eigenvalue weighted by Crippen LogP contribution is -2.39. The second-order valence-electron chi connectivity index (χ2n) is 5.89. The lowest BCUT2D eigenvalue weighted by Gasteiger charge is -2.34. The summed E-state index contributed by atoms with van der Waals surface area (Å²) in [5.41, 5.74) is 1.30. The molecule has 0 amide bonds. The van der Waals surface area contributed by atoms with Gasteiger partial charge in [0.2, 0.25) is 0 Å². The highest BCUT2D eigenvalue weighted by molar-refractivity contribution is 6.35. The van der Waals surface area contributed by atoms with Crippen LogP contribution in [0, 0.1) is 11.3 Å². The summed E-state index contributed by atoms with van der Waals surface area (Å²) < 4.78 is 5.07. The molecule has 0 spiro atoms. The smallest absolute Gasteiger partial charge is 0.0587 e. The van der Waals surface area contributed by atoms with Gasteiger partial charge in [-0.1, -0.05) is 50.0 Å². The standard InChI is InChI=1S/C16H25Cl2NO/c1-12(2)16(3,11-19-7-8-20-4)10-13-5-6-14(17)9-15(13)18/h5-6,9,12,19H,7-8,10-11H2,1-4H3. The van der Waals surface area contributed by atoms with Crippen LogP contribution in [0.5, 0.6) is 0 Å². The third-order valence-electron chi connectivity index (χ3n) is 4.02. The zero-order valence-corrected chi connectivity index (χ0v) is 14.3. The van der Waals surface area contributed by atoms with Crippen LogP contribution in [0.1, 0.15) is 26.3 Å². The van der Waals surface area contributed by atoms with Gasteiger partial charge in [-0.15, -0.1) is 0 Å². The molecule has 0 aliphatic heterocycles. The molecule has 1 aromatic rings. The Bertz CT molecular complexity index is 423. The molecule has 0 aliphatic carbocycles. The van der Waals surface area contributed by atoms with Gasteiger partial charge in [0, 0.05) is 30.2 Å². The van der Waals surface area contributed by atoms with E-state index >= 15 is 0 Å². The molecule has 114 valence electrons. The van der Waals surface area contributed by atoms with Crippen molar-refractivity contribution in [3.63, 3.8) is 0 Å². The Hall–Kier alpha value is -0.280. The van der Waals surface area contributed by atoms with Crippen molar-refractivity contribution >= 4 is 23.2 Å². The van der Waals surface area contributed by atoms with Gasteiger partial charge in [-0.05, 0) is 35.4 Å². The van der Waals surface area contributed by atoms with E-state index in [-0.39, 0.29) is 5.41 Å². The summed E-state index contributed by atoms with van der Waals surface area (Å²) in [6, 6.07) is 5.75. The maximum absolute atomic E-state index is 6.30. The highest BCUT2D eigenvalue weighted by Crippen LogP contribution is 2.34. The quantitative estimate of drug-likeness (QED) is 0.716. The minimum Gasteiger partial charge on any atom is -0.383 e. The summed E-state index contributed by atoms with van der Waals surface area (Å²) in [6.45, 7) is 9.34. The summed E-state index contributed by atoms with van der Waals surface area (Å²) in [5.74, 6) is 0.546. The number of benzene rings is 1. The maximum Gasteiger partial charge on any atom is 0.0587 e. The number of halogens is 2. The van der Waals surface area contributed by atoms with Crippen molar-refractivity contribution in [2.45, 2.75) is 27.2 Å². The third kappa shape index (κ3) is 5.25. The second-order valence-corrected chi connectivity index (χ2v) is 6.73. The van der Waals surface area contributed by atoms with Gasteiger partial charge in [-0.25, -0.2) is 0 Å². The van der Waals surface area contributed by atoms with E-state index in [1.54, 1.807) is 7.11 Å². The molecular weight excluding hydrogens is 293 g/mol. The average Bonchev–Trinajstić information content (AvgIpc) is 2.38. The molecule has 4 heteroatoms. The number of ether oxygens (including phenoxy) is 1. The highest BCUT2D eigenvalue weighted by atomic mass is 35.5. The predicted octanol–water partition coefficient (Wildman–Crippen LogP) is 4.43. The fraction of sp³-hybridized carbons (Fsp3) is 0.625. The topological polar surface area (TPSA) is 21.3 Å². The molecule has 1 atom stereocenters. The second kappa shape index (κ2) is 8.23. The van der Waals surface area contributed by atoms with Gasteiger partial charge in [0.25, 0.3) is 0 Å². The van der Waals surface area contributed by atoms with Crippen LogP contribution >= 0.6 is 23.2 Å². The average molecular weight is 318 g/mol. The monoisotopic (exact) mass is 317 g/mol. The molecule has 1 aromatic carbocycles. The molecule has 0 saturated carbocycles. The summed E-state index contributed by atoms with van der Waals surface area (Å²) >= 11 is 12.3. The van der Waals surface area contributed by atoms with Crippen molar-refractivity contribution in [2.24, 2.45) is 11.3 Å². The molecular formula is C16H25Cl2NO. The molecule has 0 fully saturated rings. The van der Waals surface area contributed by atoms with Crippen LogP contribution in [0.15, 0.2) is 18.2 Å².